The number of ether oxygens (including phenoxy) is 1. The molecule has 0 aliphatic rings. The fourth-order valence-corrected chi connectivity index (χ4v) is 1.36. The number of alkyl halides is 2. The maximum absolute atomic E-state index is 11.9. The van der Waals surface area contributed by atoms with Crippen LogP contribution in [0.4, 0.5) is 14.5 Å². The molecule has 5 heteroatoms. The van der Waals surface area contributed by atoms with Crippen molar-refractivity contribution >= 4 is 5.69 Å². The highest BCUT2D eigenvalue weighted by molar-refractivity contribution is 5.46. The van der Waals surface area contributed by atoms with Crippen molar-refractivity contribution in [1.82, 2.24) is 0 Å². The molecule has 1 aromatic heterocycles. The summed E-state index contributed by atoms with van der Waals surface area (Å²) in [6.45, 7) is -2.25. The van der Waals surface area contributed by atoms with Gasteiger partial charge in [0.2, 0.25) is 0 Å². The van der Waals surface area contributed by atoms with E-state index < -0.39 is 6.61 Å². The molecule has 0 saturated heterocycles. The quantitative estimate of drug-likeness (QED) is 0.867. The van der Waals surface area contributed by atoms with Gasteiger partial charge in [-0.15, -0.1) is 0 Å². The molecule has 2 rings (SSSR count). The Bertz CT molecular complexity index is 440. The molecule has 17 heavy (non-hydrogen) atoms. The van der Waals surface area contributed by atoms with E-state index in [1.165, 1.54) is 12.1 Å². The zero-order valence-corrected chi connectivity index (χ0v) is 8.90. The second-order valence-corrected chi connectivity index (χ2v) is 3.34. The summed E-state index contributed by atoms with van der Waals surface area (Å²) in [6.07, 6.45) is 1.59. The molecule has 1 aromatic carbocycles. The Balaban J connectivity index is 1.89. The van der Waals surface area contributed by atoms with Crippen molar-refractivity contribution in [1.29, 1.82) is 0 Å². The summed E-state index contributed by atoms with van der Waals surface area (Å²) in [5, 5.41) is 3.09. The van der Waals surface area contributed by atoms with E-state index in [9.17, 15) is 8.78 Å². The summed E-state index contributed by atoms with van der Waals surface area (Å²) < 4.78 is 33.2. The van der Waals surface area contributed by atoms with Crippen molar-refractivity contribution in [3.05, 3.63) is 48.4 Å². The fraction of sp³-hybridized carbons (Fsp3) is 0.167. The molecule has 2 aromatic rings. The van der Waals surface area contributed by atoms with Crippen LogP contribution in [0, 0.1) is 0 Å². The van der Waals surface area contributed by atoms with E-state index in [1.807, 2.05) is 6.07 Å². The van der Waals surface area contributed by atoms with Gasteiger partial charge in [0.25, 0.3) is 0 Å². The van der Waals surface area contributed by atoms with E-state index >= 15 is 0 Å². The van der Waals surface area contributed by atoms with Crippen LogP contribution in [0.25, 0.3) is 0 Å². The first-order valence-electron chi connectivity index (χ1n) is 5.05. The highest BCUT2D eigenvalue weighted by atomic mass is 19.3. The summed E-state index contributed by atoms with van der Waals surface area (Å²) in [5.41, 5.74) is 0.808. The van der Waals surface area contributed by atoms with E-state index in [1.54, 1.807) is 24.5 Å². The Kier molecular flexibility index (Phi) is 3.59. The molecule has 0 saturated carbocycles. The minimum atomic E-state index is -2.79. The van der Waals surface area contributed by atoms with Crippen LogP contribution < -0.4 is 10.1 Å². The van der Waals surface area contributed by atoms with E-state index in [4.69, 9.17) is 4.42 Å². The molecule has 0 bridgehead atoms. The van der Waals surface area contributed by atoms with Crippen molar-refractivity contribution in [2.75, 3.05) is 5.32 Å². The van der Waals surface area contributed by atoms with Gasteiger partial charge in [0, 0.05) is 5.69 Å². The Morgan fingerprint density at radius 1 is 1.18 bits per heavy atom. The number of benzene rings is 1. The van der Waals surface area contributed by atoms with Gasteiger partial charge in [-0.1, -0.05) is 0 Å². The lowest BCUT2D eigenvalue weighted by molar-refractivity contribution is -0.0498. The predicted octanol–water partition coefficient (Wildman–Crippen LogP) is 3.49. The van der Waals surface area contributed by atoms with Crippen LogP contribution in [-0.4, -0.2) is 6.61 Å². The lowest BCUT2D eigenvalue weighted by Crippen LogP contribution is -2.02. The second-order valence-electron chi connectivity index (χ2n) is 3.34. The van der Waals surface area contributed by atoms with Crippen LogP contribution in [0.5, 0.6) is 5.75 Å². The Hall–Kier alpha value is -2.04. The van der Waals surface area contributed by atoms with Crippen LogP contribution in [0.1, 0.15) is 5.76 Å². The maximum Gasteiger partial charge on any atom is 0.387 e. The molecule has 0 atom stereocenters. The van der Waals surface area contributed by atoms with Gasteiger partial charge in [-0.3, -0.25) is 0 Å². The first kappa shape index (κ1) is 11.4. The predicted molar refractivity (Wildman–Crippen MR) is 59.1 cm³/mol. The van der Waals surface area contributed by atoms with Crippen molar-refractivity contribution in [2.45, 2.75) is 13.2 Å². The largest absolute Gasteiger partial charge is 0.467 e. The fourth-order valence-electron chi connectivity index (χ4n) is 1.36. The lowest BCUT2D eigenvalue weighted by atomic mass is 10.3. The summed E-state index contributed by atoms with van der Waals surface area (Å²) in [6, 6.07) is 9.95. The Labute approximate surface area is 97.0 Å². The van der Waals surface area contributed by atoms with Gasteiger partial charge in [0.05, 0.1) is 12.8 Å². The molecule has 3 nitrogen and oxygen atoms in total. The normalized spacial score (nSPS) is 10.5. The molecule has 1 heterocycles. The van der Waals surface area contributed by atoms with E-state index in [0.717, 1.165) is 11.4 Å². The first-order valence-corrected chi connectivity index (χ1v) is 5.05. The standard InChI is InChI=1S/C12H11F2NO2/c13-12(14)17-10-5-3-9(4-6-10)15-8-11-2-1-7-16-11/h1-7,12,15H,8H2. The summed E-state index contributed by atoms with van der Waals surface area (Å²) in [7, 11) is 0. The van der Waals surface area contributed by atoms with Crippen LogP contribution in [0.15, 0.2) is 47.1 Å². The molecule has 90 valence electrons. The van der Waals surface area contributed by atoms with E-state index in [-0.39, 0.29) is 5.75 Å². The SMILES string of the molecule is FC(F)Oc1ccc(NCc2ccco2)cc1. The Morgan fingerprint density at radius 2 is 1.94 bits per heavy atom. The van der Waals surface area contributed by atoms with Gasteiger partial charge in [0.1, 0.15) is 11.5 Å². The third kappa shape index (κ3) is 3.48. The lowest BCUT2D eigenvalue weighted by Gasteiger charge is -2.07. The van der Waals surface area contributed by atoms with Crippen LogP contribution in [0.3, 0.4) is 0 Å². The third-order valence-electron chi connectivity index (χ3n) is 2.13. The maximum atomic E-state index is 11.9. The topological polar surface area (TPSA) is 34.4 Å². The van der Waals surface area contributed by atoms with Crippen molar-refractivity contribution in [3.63, 3.8) is 0 Å². The summed E-state index contributed by atoms with van der Waals surface area (Å²) >= 11 is 0. The third-order valence-corrected chi connectivity index (χ3v) is 2.13. The minimum absolute atomic E-state index is 0.142. The molecule has 1 N–H and O–H groups in total. The number of hydrogen-bond donors (Lipinski definition) is 1. The van der Waals surface area contributed by atoms with Crippen LogP contribution in [-0.2, 0) is 6.54 Å². The van der Waals surface area contributed by atoms with Crippen LogP contribution in [0.2, 0.25) is 0 Å². The molecule has 0 aliphatic carbocycles. The highest BCUT2D eigenvalue weighted by Gasteiger charge is 2.03. The van der Waals surface area contributed by atoms with E-state index in [0.29, 0.717) is 6.54 Å². The zero-order chi connectivity index (χ0) is 12.1. The van der Waals surface area contributed by atoms with E-state index in [2.05, 4.69) is 10.1 Å². The van der Waals surface area contributed by atoms with Gasteiger partial charge < -0.3 is 14.5 Å². The van der Waals surface area contributed by atoms with Gasteiger partial charge in [-0.05, 0) is 36.4 Å². The zero-order valence-electron chi connectivity index (χ0n) is 8.90. The van der Waals surface area contributed by atoms with Gasteiger partial charge in [0.15, 0.2) is 0 Å². The van der Waals surface area contributed by atoms with Crippen molar-refractivity contribution in [3.8, 4) is 5.75 Å². The number of anilines is 1. The molecule has 0 amide bonds. The average Bonchev–Trinajstić information content (AvgIpc) is 2.80. The molecular formula is C12H11F2NO2. The highest BCUT2D eigenvalue weighted by Crippen LogP contribution is 2.18. The number of furan rings is 1. The summed E-state index contributed by atoms with van der Waals surface area (Å²) in [5.74, 6) is 0.946. The molecular weight excluding hydrogens is 228 g/mol. The van der Waals surface area contributed by atoms with Gasteiger partial charge in [-0.2, -0.15) is 8.78 Å². The number of hydrogen-bond acceptors (Lipinski definition) is 3. The second kappa shape index (κ2) is 5.34. The van der Waals surface area contributed by atoms with Gasteiger partial charge in [-0.25, -0.2) is 0 Å². The minimum Gasteiger partial charge on any atom is -0.467 e. The smallest absolute Gasteiger partial charge is 0.387 e. The van der Waals surface area contributed by atoms with Crippen molar-refractivity contribution in [2.24, 2.45) is 0 Å². The monoisotopic (exact) mass is 239 g/mol. The molecule has 0 aliphatic heterocycles. The average molecular weight is 239 g/mol. The summed E-state index contributed by atoms with van der Waals surface area (Å²) in [4.78, 5) is 0. The van der Waals surface area contributed by atoms with Gasteiger partial charge >= 0.3 is 6.61 Å². The number of nitrogens with one attached hydrogen (secondary N) is 1. The number of rotatable bonds is 5. The molecule has 0 spiro atoms. The Morgan fingerprint density at radius 3 is 2.53 bits per heavy atom. The molecule has 0 radical (unpaired) electrons. The number of halogens is 2. The molecule has 0 fully saturated rings. The molecule has 0 unspecified atom stereocenters. The first-order chi connectivity index (χ1) is 8.24. The van der Waals surface area contributed by atoms with Crippen molar-refractivity contribution < 1.29 is 17.9 Å². The van der Waals surface area contributed by atoms with Crippen LogP contribution >= 0.6 is 0 Å².